The molecule has 0 spiro atoms. The van der Waals surface area contributed by atoms with Gasteiger partial charge in [-0.2, -0.15) is 0 Å². The largest absolute Gasteiger partial charge is 0.375 e. The molecule has 1 amide bonds. The highest BCUT2D eigenvalue weighted by molar-refractivity contribution is 5.84. The lowest BCUT2D eigenvalue weighted by Gasteiger charge is -2.37. The number of ether oxygens (including phenoxy) is 1. The molecule has 4 heteroatoms. The molecule has 1 aliphatic heterocycles. The summed E-state index contributed by atoms with van der Waals surface area (Å²) in [7, 11) is 0. The van der Waals surface area contributed by atoms with Gasteiger partial charge in [-0.05, 0) is 39.0 Å². The molecule has 0 aromatic rings. The number of hydrogen-bond acceptors (Lipinski definition) is 3. The molecular weight excluding hydrogens is 216 g/mol. The van der Waals surface area contributed by atoms with E-state index in [0.717, 1.165) is 45.2 Å². The number of morpholine rings is 1. The molecule has 17 heavy (non-hydrogen) atoms. The Kier molecular flexibility index (Phi) is 2.49. The van der Waals surface area contributed by atoms with Crippen molar-refractivity contribution in [1.29, 1.82) is 0 Å². The molecule has 0 unspecified atom stereocenters. The fraction of sp³-hybridized carbons (Fsp3) is 0.923. The maximum absolute atomic E-state index is 12.7. The maximum Gasteiger partial charge on any atom is 0.229 e. The zero-order valence-electron chi connectivity index (χ0n) is 10.6. The molecule has 1 heterocycles. The van der Waals surface area contributed by atoms with Crippen molar-refractivity contribution >= 4 is 5.91 Å². The average molecular weight is 238 g/mol. The summed E-state index contributed by atoms with van der Waals surface area (Å²) in [5.74, 6) is 0.345. The van der Waals surface area contributed by atoms with Gasteiger partial charge in [-0.1, -0.05) is 0 Å². The lowest BCUT2D eigenvalue weighted by molar-refractivity contribution is -0.148. The van der Waals surface area contributed by atoms with Crippen molar-refractivity contribution in [2.75, 3.05) is 19.7 Å². The van der Waals surface area contributed by atoms with Gasteiger partial charge in [0.2, 0.25) is 5.91 Å². The van der Waals surface area contributed by atoms with Crippen LogP contribution in [0.4, 0.5) is 0 Å². The number of rotatable bonds is 1. The molecule has 0 aromatic carbocycles. The summed E-state index contributed by atoms with van der Waals surface area (Å²) >= 11 is 0. The summed E-state index contributed by atoms with van der Waals surface area (Å²) in [6.45, 7) is 4.21. The Bertz CT molecular complexity index is 334. The van der Waals surface area contributed by atoms with E-state index < -0.39 is 0 Å². The highest BCUT2D eigenvalue weighted by Crippen LogP contribution is 2.56. The molecule has 2 saturated carbocycles. The highest BCUT2D eigenvalue weighted by atomic mass is 16.5. The van der Waals surface area contributed by atoms with Crippen molar-refractivity contribution in [3.63, 3.8) is 0 Å². The van der Waals surface area contributed by atoms with Crippen molar-refractivity contribution in [1.82, 2.24) is 4.90 Å². The predicted molar refractivity (Wildman–Crippen MR) is 64.4 cm³/mol. The van der Waals surface area contributed by atoms with Crippen LogP contribution in [-0.2, 0) is 9.53 Å². The van der Waals surface area contributed by atoms with Crippen LogP contribution in [-0.4, -0.2) is 42.1 Å². The Hall–Kier alpha value is -0.610. The number of amides is 1. The molecular formula is C13H22N2O2. The van der Waals surface area contributed by atoms with E-state index in [9.17, 15) is 4.79 Å². The molecule has 3 fully saturated rings. The van der Waals surface area contributed by atoms with Gasteiger partial charge in [0.1, 0.15) is 0 Å². The second kappa shape index (κ2) is 3.69. The molecule has 0 radical (unpaired) electrons. The van der Waals surface area contributed by atoms with Crippen molar-refractivity contribution in [3.8, 4) is 0 Å². The highest BCUT2D eigenvalue weighted by Gasteiger charge is 2.57. The Morgan fingerprint density at radius 2 is 2.06 bits per heavy atom. The molecule has 0 aromatic heterocycles. The smallest absolute Gasteiger partial charge is 0.229 e. The van der Waals surface area contributed by atoms with Gasteiger partial charge in [0, 0.05) is 18.6 Å². The summed E-state index contributed by atoms with van der Waals surface area (Å²) in [6.07, 6.45) is 5.12. The van der Waals surface area contributed by atoms with E-state index in [1.807, 2.05) is 11.8 Å². The van der Waals surface area contributed by atoms with Crippen LogP contribution in [0.1, 0.15) is 39.0 Å². The van der Waals surface area contributed by atoms with Gasteiger partial charge in [0.15, 0.2) is 0 Å². The third kappa shape index (κ3) is 1.78. The number of fused-ring (bicyclic) bond motifs is 2. The van der Waals surface area contributed by atoms with Gasteiger partial charge in [-0.25, -0.2) is 0 Å². The lowest BCUT2D eigenvalue weighted by atomic mass is 9.82. The maximum atomic E-state index is 12.7. The molecule has 96 valence electrons. The van der Waals surface area contributed by atoms with E-state index in [0.29, 0.717) is 12.5 Å². The Balaban J connectivity index is 1.74. The first-order valence-electron chi connectivity index (χ1n) is 6.73. The quantitative estimate of drug-likeness (QED) is 0.738. The molecule has 3 rings (SSSR count). The normalized spacial score (nSPS) is 45.3. The van der Waals surface area contributed by atoms with Crippen molar-refractivity contribution in [2.24, 2.45) is 11.1 Å². The van der Waals surface area contributed by atoms with Crippen LogP contribution in [0.3, 0.4) is 0 Å². The molecule has 1 saturated heterocycles. The van der Waals surface area contributed by atoms with Gasteiger partial charge in [-0.15, -0.1) is 0 Å². The van der Waals surface area contributed by atoms with E-state index in [4.69, 9.17) is 10.5 Å². The van der Waals surface area contributed by atoms with Crippen molar-refractivity contribution < 1.29 is 9.53 Å². The summed E-state index contributed by atoms with van der Waals surface area (Å²) in [6, 6.07) is 0. The number of carbonyl (C=O) groups excluding carboxylic acids is 1. The minimum atomic E-state index is -0.119. The first-order chi connectivity index (χ1) is 8.03. The fourth-order valence-corrected chi connectivity index (χ4v) is 3.88. The minimum absolute atomic E-state index is 0.0342. The Morgan fingerprint density at radius 3 is 2.59 bits per heavy atom. The standard InChI is InChI=1S/C13H22N2O2/c1-10-8-15(6-7-17-10)11(16)12-2-4-13(14,9-12)5-3-12/h10H,2-9,14H2,1H3/t10-,12?,13?/m1/s1. The lowest BCUT2D eigenvalue weighted by Crippen LogP contribution is -2.49. The topological polar surface area (TPSA) is 55.6 Å². The monoisotopic (exact) mass is 238 g/mol. The first kappa shape index (κ1) is 11.5. The Labute approximate surface area is 102 Å². The van der Waals surface area contributed by atoms with Gasteiger partial charge < -0.3 is 15.4 Å². The second-order valence-corrected chi connectivity index (χ2v) is 6.25. The van der Waals surface area contributed by atoms with Crippen LogP contribution < -0.4 is 5.73 Å². The molecule has 2 aliphatic carbocycles. The molecule has 4 nitrogen and oxygen atoms in total. The number of hydrogen-bond donors (Lipinski definition) is 1. The van der Waals surface area contributed by atoms with Crippen LogP contribution in [0.2, 0.25) is 0 Å². The van der Waals surface area contributed by atoms with Gasteiger partial charge >= 0.3 is 0 Å². The fourth-order valence-electron chi connectivity index (χ4n) is 3.88. The molecule has 2 N–H and O–H groups in total. The van der Waals surface area contributed by atoms with E-state index >= 15 is 0 Å². The summed E-state index contributed by atoms with van der Waals surface area (Å²) in [4.78, 5) is 14.7. The number of nitrogens with zero attached hydrogens (tertiary/aromatic N) is 1. The van der Waals surface area contributed by atoms with E-state index in [1.54, 1.807) is 0 Å². The van der Waals surface area contributed by atoms with Crippen LogP contribution in [0.15, 0.2) is 0 Å². The number of nitrogens with two attached hydrogens (primary N) is 1. The van der Waals surface area contributed by atoms with E-state index in [2.05, 4.69) is 0 Å². The van der Waals surface area contributed by atoms with Crippen LogP contribution in [0.25, 0.3) is 0 Å². The average Bonchev–Trinajstić information content (AvgIpc) is 2.83. The van der Waals surface area contributed by atoms with Gasteiger partial charge in [-0.3, -0.25) is 4.79 Å². The summed E-state index contributed by atoms with van der Waals surface area (Å²) < 4.78 is 5.50. The molecule has 1 atom stereocenters. The zero-order valence-corrected chi connectivity index (χ0v) is 10.6. The predicted octanol–water partition coefficient (Wildman–Crippen LogP) is 0.895. The van der Waals surface area contributed by atoms with Crippen molar-refractivity contribution in [2.45, 2.75) is 50.7 Å². The number of carbonyl (C=O) groups is 1. The van der Waals surface area contributed by atoms with E-state index in [1.165, 1.54) is 0 Å². The Morgan fingerprint density at radius 1 is 1.35 bits per heavy atom. The third-order valence-electron chi connectivity index (χ3n) is 4.88. The van der Waals surface area contributed by atoms with Gasteiger partial charge in [0.05, 0.1) is 18.1 Å². The molecule has 3 aliphatic rings. The molecule has 2 bridgehead atoms. The minimum Gasteiger partial charge on any atom is -0.375 e. The third-order valence-corrected chi connectivity index (χ3v) is 4.88. The van der Waals surface area contributed by atoms with Gasteiger partial charge in [0.25, 0.3) is 0 Å². The zero-order chi connectivity index (χ0) is 12.1. The summed E-state index contributed by atoms with van der Waals surface area (Å²) in [5.41, 5.74) is 6.13. The first-order valence-corrected chi connectivity index (χ1v) is 6.73. The SMILES string of the molecule is C[C@@H]1CN(C(=O)C23CCC(N)(CC2)C3)CCO1. The van der Waals surface area contributed by atoms with Crippen molar-refractivity contribution in [3.05, 3.63) is 0 Å². The van der Waals surface area contributed by atoms with Crippen LogP contribution >= 0.6 is 0 Å². The van der Waals surface area contributed by atoms with Crippen LogP contribution in [0.5, 0.6) is 0 Å². The van der Waals surface area contributed by atoms with Crippen LogP contribution in [0, 0.1) is 5.41 Å². The van der Waals surface area contributed by atoms with E-state index in [-0.39, 0.29) is 17.1 Å². The second-order valence-electron chi connectivity index (χ2n) is 6.25. The summed E-state index contributed by atoms with van der Waals surface area (Å²) in [5, 5.41) is 0.